The first kappa shape index (κ1) is 19.3. The first-order chi connectivity index (χ1) is 15.1. The highest BCUT2D eigenvalue weighted by atomic mass is 19.1. The molecule has 0 saturated carbocycles. The molecule has 31 heavy (non-hydrogen) atoms. The molecule has 7 nitrogen and oxygen atoms in total. The Balaban J connectivity index is 1.66. The number of rotatable bonds is 4. The van der Waals surface area contributed by atoms with Gasteiger partial charge in [-0.15, -0.1) is 5.10 Å². The number of methoxy groups -OCH3 is 2. The summed E-state index contributed by atoms with van der Waals surface area (Å²) in [4.78, 5) is 17.6. The molecule has 0 amide bonds. The lowest BCUT2D eigenvalue weighted by Crippen LogP contribution is -2.31. The fraction of sp³-hybridized carbons (Fsp3) is 0.261. The third-order valence-electron chi connectivity index (χ3n) is 5.66. The van der Waals surface area contributed by atoms with Gasteiger partial charge >= 0.3 is 0 Å². The summed E-state index contributed by atoms with van der Waals surface area (Å²) in [6, 6.07) is 11.1. The number of ketones is 1. The molecule has 1 N–H and O–H groups in total. The smallest absolute Gasteiger partial charge is 0.226 e. The van der Waals surface area contributed by atoms with Gasteiger partial charge in [0.2, 0.25) is 5.95 Å². The van der Waals surface area contributed by atoms with Gasteiger partial charge in [-0.05, 0) is 42.7 Å². The zero-order chi connectivity index (χ0) is 21.5. The summed E-state index contributed by atoms with van der Waals surface area (Å²) in [6.07, 6.45) is 2.03. The topological polar surface area (TPSA) is 78.3 Å². The van der Waals surface area contributed by atoms with E-state index in [9.17, 15) is 9.18 Å². The Bertz CT molecular complexity index is 1180. The quantitative estimate of drug-likeness (QED) is 0.684. The van der Waals surface area contributed by atoms with E-state index in [1.54, 1.807) is 37.1 Å². The molecule has 158 valence electrons. The zero-order valence-electron chi connectivity index (χ0n) is 17.2. The van der Waals surface area contributed by atoms with Gasteiger partial charge in [0.15, 0.2) is 11.6 Å². The van der Waals surface area contributed by atoms with Crippen LogP contribution in [0.1, 0.15) is 30.9 Å². The maximum Gasteiger partial charge on any atom is 0.226 e. The molecule has 0 bridgehead atoms. The molecule has 1 aliphatic heterocycles. The zero-order valence-corrected chi connectivity index (χ0v) is 17.2. The number of hydrogen-bond donors (Lipinski definition) is 1. The van der Waals surface area contributed by atoms with Crippen molar-refractivity contribution in [3.05, 3.63) is 65.1 Å². The number of carbonyl (C=O) groups excluding carboxylic acids is 1. The van der Waals surface area contributed by atoms with Crippen LogP contribution >= 0.6 is 0 Å². The van der Waals surface area contributed by atoms with Gasteiger partial charge in [-0.25, -0.2) is 9.07 Å². The Hall–Kier alpha value is -3.68. The van der Waals surface area contributed by atoms with Crippen molar-refractivity contribution >= 4 is 11.7 Å². The molecule has 0 spiro atoms. The summed E-state index contributed by atoms with van der Waals surface area (Å²) < 4.78 is 26.0. The second kappa shape index (κ2) is 7.54. The van der Waals surface area contributed by atoms with Crippen molar-refractivity contribution in [1.29, 1.82) is 0 Å². The van der Waals surface area contributed by atoms with Crippen molar-refractivity contribution in [1.82, 2.24) is 14.8 Å². The molecule has 0 unspecified atom stereocenters. The first-order valence-electron chi connectivity index (χ1n) is 10.1. The highest BCUT2D eigenvalue weighted by Gasteiger charge is 2.37. The van der Waals surface area contributed by atoms with E-state index in [2.05, 4.69) is 5.32 Å². The third kappa shape index (κ3) is 3.34. The minimum Gasteiger partial charge on any atom is -0.497 e. The number of halogens is 1. The molecule has 8 heteroatoms. The van der Waals surface area contributed by atoms with Crippen LogP contribution in [-0.2, 0) is 4.79 Å². The number of fused-ring (bicyclic) bond motifs is 1. The molecular weight excluding hydrogens is 399 g/mol. The molecule has 2 aliphatic rings. The molecule has 1 aromatic heterocycles. The number of benzene rings is 2. The van der Waals surface area contributed by atoms with Crippen molar-refractivity contribution < 1.29 is 18.7 Å². The predicted octanol–water partition coefficient (Wildman–Crippen LogP) is 4.12. The number of carbonyl (C=O) groups is 1. The SMILES string of the molecule is COc1cc(OC)cc(-c2nc3n(n2)[C@H](c2ccc(F)cc2)C2=C(CCCC2=O)N3)c1. The maximum atomic E-state index is 13.6. The van der Waals surface area contributed by atoms with Crippen LogP contribution in [0, 0.1) is 5.82 Å². The molecule has 2 heterocycles. The highest BCUT2D eigenvalue weighted by Crippen LogP contribution is 2.41. The number of ether oxygens (including phenoxy) is 2. The van der Waals surface area contributed by atoms with Crippen molar-refractivity contribution in [3.63, 3.8) is 0 Å². The fourth-order valence-electron chi connectivity index (χ4n) is 4.17. The van der Waals surface area contributed by atoms with Crippen molar-refractivity contribution in [2.75, 3.05) is 19.5 Å². The minimum atomic E-state index is -0.464. The van der Waals surface area contributed by atoms with Crippen LogP contribution in [0.15, 0.2) is 53.7 Å². The number of allylic oxidation sites excluding steroid dienone is 2. The number of anilines is 1. The van der Waals surface area contributed by atoms with Crippen molar-refractivity contribution in [2.45, 2.75) is 25.3 Å². The Kier molecular flexibility index (Phi) is 4.69. The van der Waals surface area contributed by atoms with Crippen LogP contribution in [-0.4, -0.2) is 34.8 Å². The maximum absolute atomic E-state index is 13.6. The Labute approximate surface area is 178 Å². The number of aromatic nitrogens is 3. The summed E-state index contributed by atoms with van der Waals surface area (Å²) in [5.41, 5.74) is 3.04. The van der Waals surface area contributed by atoms with Crippen LogP contribution in [0.4, 0.5) is 10.3 Å². The van der Waals surface area contributed by atoms with Crippen LogP contribution in [0.2, 0.25) is 0 Å². The molecule has 2 aromatic carbocycles. The second-order valence-electron chi connectivity index (χ2n) is 7.55. The molecule has 5 rings (SSSR count). The largest absolute Gasteiger partial charge is 0.497 e. The lowest BCUT2D eigenvalue weighted by molar-refractivity contribution is -0.116. The van der Waals surface area contributed by atoms with Gasteiger partial charge in [0.1, 0.15) is 23.4 Å². The molecule has 0 saturated heterocycles. The monoisotopic (exact) mass is 420 g/mol. The number of nitrogens with zero attached hydrogens (tertiary/aromatic N) is 3. The Morgan fingerprint density at radius 2 is 1.77 bits per heavy atom. The van der Waals surface area contributed by atoms with E-state index in [1.807, 2.05) is 12.1 Å². The van der Waals surface area contributed by atoms with Crippen LogP contribution in [0.5, 0.6) is 11.5 Å². The predicted molar refractivity (Wildman–Crippen MR) is 113 cm³/mol. The molecular formula is C23H21FN4O3. The normalized spacial score (nSPS) is 17.6. The Morgan fingerprint density at radius 1 is 1.06 bits per heavy atom. The second-order valence-corrected chi connectivity index (χ2v) is 7.55. The van der Waals surface area contributed by atoms with Crippen LogP contribution in [0.3, 0.4) is 0 Å². The fourth-order valence-corrected chi connectivity index (χ4v) is 4.17. The highest BCUT2D eigenvalue weighted by molar-refractivity contribution is 5.99. The van der Waals surface area contributed by atoms with E-state index in [0.717, 1.165) is 29.7 Å². The van der Waals surface area contributed by atoms with Gasteiger partial charge in [-0.1, -0.05) is 12.1 Å². The average Bonchev–Trinajstić information content (AvgIpc) is 3.22. The van der Waals surface area contributed by atoms with E-state index in [0.29, 0.717) is 35.3 Å². The molecule has 1 atom stereocenters. The average molecular weight is 420 g/mol. The third-order valence-corrected chi connectivity index (χ3v) is 5.66. The van der Waals surface area contributed by atoms with Crippen molar-refractivity contribution in [2.24, 2.45) is 0 Å². The number of hydrogen-bond acceptors (Lipinski definition) is 6. The van der Waals surface area contributed by atoms with E-state index in [4.69, 9.17) is 19.6 Å². The Morgan fingerprint density at radius 3 is 2.45 bits per heavy atom. The van der Waals surface area contributed by atoms with E-state index in [-0.39, 0.29) is 11.6 Å². The first-order valence-corrected chi connectivity index (χ1v) is 10.1. The number of nitrogens with one attached hydrogen (secondary N) is 1. The van der Waals surface area contributed by atoms with Gasteiger partial charge in [-0.2, -0.15) is 4.98 Å². The molecule has 0 radical (unpaired) electrons. The molecule has 0 fully saturated rings. The summed E-state index contributed by atoms with van der Waals surface area (Å²) in [6.45, 7) is 0. The molecule has 3 aromatic rings. The van der Waals surface area contributed by atoms with Gasteiger partial charge in [0.25, 0.3) is 0 Å². The van der Waals surface area contributed by atoms with E-state index >= 15 is 0 Å². The minimum absolute atomic E-state index is 0.0776. The lowest BCUT2D eigenvalue weighted by Gasteiger charge is -2.32. The standard InChI is InChI=1S/C23H21FN4O3/c1-30-16-10-14(11-17(12-16)31-2)22-26-23-25-18-4-3-5-19(29)20(18)21(28(23)27-22)13-6-8-15(24)9-7-13/h6-12,21H,3-5H2,1-2H3,(H,25,26,27)/t21-/m1/s1. The number of Topliss-reactive ketones (excluding diaryl/α,β-unsaturated/α-hetero) is 1. The van der Waals surface area contributed by atoms with Crippen LogP contribution < -0.4 is 14.8 Å². The summed E-state index contributed by atoms with van der Waals surface area (Å²) in [5.74, 6) is 2.01. The summed E-state index contributed by atoms with van der Waals surface area (Å²) in [7, 11) is 3.17. The van der Waals surface area contributed by atoms with Gasteiger partial charge in [-0.3, -0.25) is 4.79 Å². The van der Waals surface area contributed by atoms with Gasteiger partial charge in [0, 0.05) is 29.3 Å². The summed E-state index contributed by atoms with van der Waals surface area (Å²) in [5, 5.41) is 8.03. The van der Waals surface area contributed by atoms with Crippen LogP contribution in [0.25, 0.3) is 11.4 Å². The van der Waals surface area contributed by atoms with Gasteiger partial charge < -0.3 is 14.8 Å². The summed E-state index contributed by atoms with van der Waals surface area (Å²) >= 11 is 0. The lowest BCUT2D eigenvalue weighted by atomic mass is 9.85. The van der Waals surface area contributed by atoms with Gasteiger partial charge in [0.05, 0.1) is 14.2 Å². The molecule has 1 aliphatic carbocycles. The van der Waals surface area contributed by atoms with E-state index < -0.39 is 6.04 Å². The van der Waals surface area contributed by atoms with E-state index in [1.165, 1.54) is 12.1 Å². The van der Waals surface area contributed by atoms with Crippen molar-refractivity contribution in [3.8, 4) is 22.9 Å².